The van der Waals surface area contributed by atoms with Gasteiger partial charge < -0.3 is 14.6 Å². The molecular weight excluding hydrogens is 324 g/mol. The average molecular weight is 341 g/mol. The van der Waals surface area contributed by atoms with Gasteiger partial charge in [-0.2, -0.15) is 0 Å². The van der Waals surface area contributed by atoms with Crippen LogP contribution in [0.2, 0.25) is 5.15 Å². The summed E-state index contributed by atoms with van der Waals surface area (Å²) in [4.78, 5) is 23.6. The zero-order valence-corrected chi connectivity index (χ0v) is 13.3. The molecule has 1 fully saturated rings. The Morgan fingerprint density at radius 2 is 2.35 bits per heavy atom. The van der Waals surface area contributed by atoms with Gasteiger partial charge in [-0.15, -0.1) is 0 Å². The first-order valence-corrected chi connectivity index (χ1v) is 7.80. The second-order valence-electron chi connectivity index (χ2n) is 5.35. The van der Waals surface area contributed by atoms with Crippen molar-refractivity contribution in [1.29, 1.82) is 0 Å². The van der Waals surface area contributed by atoms with E-state index >= 15 is 0 Å². The van der Waals surface area contributed by atoms with Crippen LogP contribution >= 0.6 is 11.6 Å². The van der Waals surface area contributed by atoms with Gasteiger partial charge in [-0.3, -0.25) is 9.36 Å². The fourth-order valence-corrected chi connectivity index (χ4v) is 2.70. The van der Waals surface area contributed by atoms with E-state index in [-0.39, 0.29) is 17.7 Å². The lowest BCUT2D eigenvalue weighted by molar-refractivity contribution is -0.150. The minimum atomic E-state index is -0.732. The molecule has 0 amide bonds. The molecule has 0 unspecified atom stereocenters. The standard InChI is InChI=1S/C14H17ClN4O4/c1-2-3-11(21)22-5-9-8(20)4-10(23-9)19-7-18-12-13(15)16-6-17-14(12)19/h6-10,20H,2-5H2,1H3/t8-,9+,10+/m0/s1. The van der Waals surface area contributed by atoms with Crippen molar-refractivity contribution in [3.05, 3.63) is 17.8 Å². The molecule has 9 heteroatoms. The van der Waals surface area contributed by atoms with Gasteiger partial charge in [0.05, 0.1) is 12.4 Å². The summed E-state index contributed by atoms with van der Waals surface area (Å²) in [6.45, 7) is 1.92. The van der Waals surface area contributed by atoms with E-state index in [4.69, 9.17) is 21.1 Å². The maximum atomic E-state index is 11.4. The molecule has 23 heavy (non-hydrogen) atoms. The number of aliphatic hydroxyl groups is 1. The number of rotatable bonds is 5. The van der Waals surface area contributed by atoms with Gasteiger partial charge in [0.1, 0.15) is 30.8 Å². The summed E-state index contributed by atoms with van der Waals surface area (Å²) in [5.41, 5.74) is 1.01. The number of ether oxygens (including phenoxy) is 2. The van der Waals surface area contributed by atoms with E-state index in [2.05, 4.69) is 15.0 Å². The third-order valence-electron chi connectivity index (χ3n) is 3.69. The zero-order valence-electron chi connectivity index (χ0n) is 12.6. The van der Waals surface area contributed by atoms with Crippen LogP contribution in [0.4, 0.5) is 0 Å². The molecule has 1 aliphatic heterocycles. The maximum Gasteiger partial charge on any atom is 0.305 e. The number of nitrogens with zero attached hydrogens (tertiary/aromatic N) is 4. The number of esters is 1. The molecule has 1 N–H and O–H groups in total. The molecule has 0 saturated carbocycles. The highest BCUT2D eigenvalue weighted by Gasteiger charge is 2.36. The monoisotopic (exact) mass is 340 g/mol. The van der Waals surface area contributed by atoms with Crippen LogP contribution in [0, 0.1) is 0 Å². The van der Waals surface area contributed by atoms with Gasteiger partial charge in [0, 0.05) is 12.8 Å². The summed E-state index contributed by atoms with van der Waals surface area (Å²) in [7, 11) is 0. The molecule has 2 aromatic rings. The molecule has 0 bridgehead atoms. The fraction of sp³-hybridized carbons (Fsp3) is 0.571. The molecule has 2 aromatic heterocycles. The molecule has 0 aliphatic carbocycles. The van der Waals surface area contributed by atoms with Gasteiger partial charge in [-0.05, 0) is 6.42 Å². The Morgan fingerprint density at radius 1 is 1.52 bits per heavy atom. The number of imidazole rings is 1. The van der Waals surface area contributed by atoms with Crippen molar-refractivity contribution in [2.75, 3.05) is 6.61 Å². The van der Waals surface area contributed by atoms with Crippen LogP contribution in [0.15, 0.2) is 12.7 Å². The Bertz CT molecular complexity index is 707. The van der Waals surface area contributed by atoms with Crippen LogP contribution in [0.5, 0.6) is 0 Å². The number of aromatic nitrogens is 4. The third-order valence-corrected chi connectivity index (χ3v) is 3.97. The van der Waals surface area contributed by atoms with Crippen molar-refractivity contribution in [3.63, 3.8) is 0 Å². The number of fused-ring (bicyclic) bond motifs is 1. The molecule has 3 rings (SSSR count). The zero-order chi connectivity index (χ0) is 16.4. The van der Waals surface area contributed by atoms with E-state index in [1.54, 1.807) is 10.9 Å². The van der Waals surface area contributed by atoms with Crippen molar-refractivity contribution in [1.82, 2.24) is 19.5 Å². The SMILES string of the molecule is CCCC(=O)OC[C@H]1O[C@@H](n2cnc3c(Cl)ncnc32)C[C@@H]1O. The number of carbonyl (C=O) groups is 1. The molecule has 0 radical (unpaired) electrons. The molecule has 124 valence electrons. The first-order valence-electron chi connectivity index (χ1n) is 7.42. The predicted octanol–water partition coefficient (Wildman–Crippen LogP) is 1.47. The van der Waals surface area contributed by atoms with E-state index in [0.29, 0.717) is 24.0 Å². The lowest BCUT2D eigenvalue weighted by Gasteiger charge is -2.15. The van der Waals surface area contributed by atoms with Crippen LogP contribution in [0.3, 0.4) is 0 Å². The van der Waals surface area contributed by atoms with Crippen LogP contribution in [-0.4, -0.2) is 49.4 Å². The predicted molar refractivity (Wildman–Crippen MR) is 80.7 cm³/mol. The Kier molecular flexibility index (Phi) is 4.74. The molecule has 0 aromatic carbocycles. The summed E-state index contributed by atoms with van der Waals surface area (Å²) >= 11 is 5.97. The van der Waals surface area contributed by atoms with Crippen LogP contribution in [0.25, 0.3) is 11.2 Å². The van der Waals surface area contributed by atoms with Crippen LogP contribution in [-0.2, 0) is 14.3 Å². The van der Waals surface area contributed by atoms with Gasteiger partial charge in [-0.1, -0.05) is 18.5 Å². The second kappa shape index (κ2) is 6.77. The van der Waals surface area contributed by atoms with E-state index in [1.165, 1.54) is 6.33 Å². The van der Waals surface area contributed by atoms with Gasteiger partial charge in [0.2, 0.25) is 0 Å². The Balaban J connectivity index is 1.70. The first kappa shape index (κ1) is 16.1. The molecule has 3 heterocycles. The van der Waals surface area contributed by atoms with Crippen LogP contribution in [0.1, 0.15) is 32.4 Å². The number of aliphatic hydroxyl groups excluding tert-OH is 1. The van der Waals surface area contributed by atoms with Gasteiger partial charge in [-0.25, -0.2) is 15.0 Å². The Labute approximate surface area is 137 Å². The van der Waals surface area contributed by atoms with Gasteiger partial charge >= 0.3 is 5.97 Å². The molecule has 1 aliphatic rings. The second-order valence-corrected chi connectivity index (χ2v) is 5.71. The van der Waals surface area contributed by atoms with Gasteiger partial charge in [0.25, 0.3) is 0 Å². The lowest BCUT2D eigenvalue weighted by Crippen LogP contribution is -2.27. The number of hydrogen-bond acceptors (Lipinski definition) is 7. The minimum absolute atomic E-state index is 0.0267. The van der Waals surface area contributed by atoms with Crippen molar-refractivity contribution in [2.45, 2.75) is 44.6 Å². The molecule has 3 atom stereocenters. The van der Waals surface area contributed by atoms with E-state index in [1.807, 2.05) is 6.92 Å². The van der Waals surface area contributed by atoms with Crippen molar-refractivity contribution in [3.8, 4) is 0 Å². The highest BCUT2D eigenvalue weighted by molar-refractivity contribution is 6.33. The normalized spacial score (nSPS) is 24.2. The fourth-order valence-electron chi connectivity index (χ4n) is 2.52. The molecule has 8 nitrogen and oxygen atoms in total. The summed E-state index contributed by atoms with van der Waals surface area (Å²) in [6, 6.07) is 0. The largest absolute Gasteiger partial charge is 0.463 e. The Morgan fingerprint density at radius 3 is 3.13 bits per heavy atom. The average Bonchev–Trinajstić information content (AvgIpc) is 3.10. The van der Waals surface area contributed by atoms with E-state index in [0.717, 1.165) is 6.42 Å². The highest BCUT2D eigenvalue weighted by Crippen LogP contribution is 2.31. The topological polar surface area (TPSA) is 99.4 Å². The third kappa shape index (κ3) is 3.29. The number of hydrogen-bond donors (Lipinski definition) is 1. The summed E-state index contributed by atoms with van der Waals surface area (Å²) in [5, 5.41) is 10.4. The minimum Gasteiger partial charge on any atom is -0.463 e. The highest BCUT2D eigenvalue weighted by atomic mass is 35.5. The molecular formula is C14H17ClN4O4. The summed E-state index contributed by atoms with van der Waals surface area (Å²) in [6.07, 6.45) is 2.57. The lowest BCUT2D eigenvalue weighted by atomic mass is 10.2. The molecule has 1 saturated heterocycles. The van der Waals surface area contributed by atoms with Gasteiger partial charge in [0.15, 0.2) is 10.8 Å². The van der Waals surface area contributed by atoms with E-state index in [9.17, 15) is 9.90 Å². The van der Waals surface area contributed by atoms with Crippen molar-refractivity contribution < 1.29 is 19.4 Å². The van der Waals surface area contributed by atoms with E-state index < -0.39 is 18.4 Å². The summed E-state index contributed by atoms with van der Waals surface area (Å²) in [5.74, 6) is -0.292. The van der Waals surface area contributed by atoms with Crippen molar-refractivity contribution >= 4 is 28.7 Å². The number of halogens is 1. The Hall–Kier alpha value is -1.77. The molecule has 0 spiro atoms. The smallest absolute Gasteiger partial charge is 0.305 e. The summed E-state index contributed by atoms with van der Waals surface area (Å²) < 4.78 is 12.6. The maximum absolute atomic E-state index is 11.4. The number of carbonyl (C=O) groups excluding carboxylic acids is 1. The van der Waals surface area contributed by atoms with Crippen molar-refractivity contribution in [2.24, 2.45) is 0 Å². The quantitative estimate of drug-likeness (QED) is 0.649. The first-order chi connectivity index (χ1) is 11.1. The van der Waals surface area contributed by atoms with Crippen LogP contribution < -0.4 is 0 Å².